The number of aliphatic hydroxyl groups excluding tert-OH is 1. The van der Waals surface area contributed by atoms with Crippen LogP contribution in [0, 0.1) is 22.7 Å². The predicted octanol–water partition coefficient (Wildman–Crippen LogP) is 3.78. The van der Waals surface area contributed by atoms with Crippen LogP contribution in [-0.2, 0) is 0 Å². The van der Waals surface area contributed by atoms with Crippen molar-refractivity contribution in [1.82, 2.24) is 0 Å². The second-order valence-corrected chi connectivity index (χ2v) is 6.82. The quantitative estimate of drug-likeness (QED) is 0.669. The molecule has 1 N–H and O–H groups in total. The van der Waals surface area contributed by atoms with Gasteiger partial charge in [0.15, 0.2) is 0 Å². The van der Waals surface area contributed by atoms with Gasteiger partial charge in [0.25, 0.3) is 0 Å². The lowest BCUT2D eigenvalue weighted by atomic mass is 9.49. The summed E-state index contributed by atoms with van der Waals surface area (Å²) in [6, 6.07) is 0. The minimum absolute atomic E-state index is 0.325. The van der Waals surface area contributed by atoms with E-state index in [4.69, 9.17) is 0 Å². The van der Waals surface area contributed by atoms with Crippen LogP contribution in [0.2, 0.25) is 0 Å². The van der Waals surface area contributed by atoms with Crippen LogP contribution < -0.4 is 0 Å². The summed E-state index contributed by atoms with van der Waals surface area (Å²) in [6.07, 6.45) is 7.55. The van der Waals surface area contributed by atoms with Crippen molar-refractivity contribution in [3.05, 3.63) is 11.6 Å². The normalized spacial score (nSPS) is 42.4. The predicted molar refractivity (Wildman–Crippen MR) is 68.2 cm³/mol. The molecular weight excluding hydrogens is 196 g/mol. The minimum atomic E-state index is 0.325. The van der Waals surface area contributed by atoms with Crippen molar-refractivity contribution >= 4 is 0 Å². The van der Waals surface area contributed by atoms with Crippen LogP contribution in [0.15, 0.2) is 11.6 Å². The summed E-state index contributed by atoms with van der Waals surface area (Å²) in [6.45, 7) is 9.77. The molecule has 1 saturated carbocycles. The Hall–Kier alpha value is -0.300. The Morgan fingerprint density at radius 3 is 2.62 bits per heavy atom. The van der Waals surface area contributed by atoms with Crippen molar-refractivity contribution in [2.45, 2.75) is 53.4 Å². The van der Waals surface area contributed by atoms with E-state index in [9.17, 15) is 5.11 Å². The standard InChI is InChI=1S/C15H26O/c1-11-6-7-13-14(2,3)8-5-9-15(13,4)12(11)10-16/h6,12-13,16H,5,7-10H2,1-4H3/t12-,13-,15-/m1/s1. The highest BCUT2D eigenvalue weighted by molar-refractivity contribution is 5.18. The highest BCUT2D eigenvalue weighted by atomic mass is 16.3. The van der Waals surface area contributed by atoms with Gasteiger partial charge in [0.05, 0.1) is 6.61 Å². The maximum absolute atomic E-state index is 9.69. The molecule has 0 bridgehead atoms. The zero-order valence-corrected chi connectivity index (χ0v) is 11.2. The van der Waals surface area contributed by atoms with Crippen LogP contribution in [0.4, 0.5) is 0 Å². The molecule has 2 aliphatic carbocycles. The van der Waals surface area contributed by atoms with Crippen molar-refractivity contribution in [2.24, 2.45) is 22.7 Å². The molecule has 0 aromatic carbocycles. The van der Waals surface area contributed by atoms with E-state index in [0.717, 1.165) is 5.92 Å². The fraction of sp³-hybridized carbons (Fsp3) is 0.867. The van der Waals surface area contributed by atoms with E-state index in [0.29, 0.717) is 23.4 Å². The Morgan fingerprint density at radius 1 is 1.31 bits per heavy atom. The van der Waals surface area contributed by atoms with E-state index in [2.05, 4.69) is 33.8 Å². The average Bonchev–Trinajstić information content (AvgIpc) is 2.15. The molecule has 92 valence electrons. The highest BCUT2D eigenvalue weighted by Crippen LogP contribution is 2.59. The van der Waals surface area contributed by atoms with Crippen molar-refractivity contribution in [3.63, 3.8) is 0 Å². The number of aliphatic hydroxyl groups is 1. The first-order chi connectivity index (χ1) is 7.42. The Bertz CT molecular complexity index is 303. The molecule has 3 atom stereocenters. The number of fused-ring (bicyclic) bond motifs is 1. The molecule has 0 unspecified atom stereocenters. The highest BCUT2D eigenvalue weighted by Gasteiger charge is 2.51. The first-order valence-electron chi connectivity index (χ1n) is 6.69. The molecule has 0 spiro atoms. The number of rotatable bonds is 1. The molecule has 0 aromatic heterocycles. The van der Waals surface area contributed by atoms with Crippen LogP contribution >= 0.6 is 0 Å². The van der Waals surface area contributed by atoms with Gasteiger partial charge in [-0.05, 0) is 42.9 Å². The third kappa shape index (κ3) is 1.64. The topological polar surface area (TPSA) is 20.2 Å². The smallest absolute Gasteiger partial charge is 0.0501 e. The van der Waals surface area contributed by atoms with Crippen molar-refractivity contribution in [3.8, 4) is 0 Å². The molecule has 2 aliphatic rings. The molecular formula is C15H26O. The molecule has 0 aromatic rings. The SMILES string of the molecule is CC1=CC[C@@H]2C(C)(C)CCC[C@]2(C)[C@@H]1CO. The van der Waals surface area contributed by atoms with Crippen LogP contribution in [0.25, 0.3) is 0 Å². The summed E-state index contributed by atoms with van der Waals surface area (Å²) in [7, 11) is 0. The molecule has 0 heterocycles. The average molecular weight is 222 g/mol. The van der Waals surface area contributed by atoms with Gasteiger partial charge in [-0.1, -0.05) is 38.8 Å². The lowest BCUT2D eigenvalue weighted by Gasteiger charge is -2.56. The van der Waals surface area contributed by atoms with E-state index >= 15 is 0 Å². The first kappa shape index (κ1) is 12.2. The molecule has 1 heteroatoms. The largest absolute Gasteiger partial charge is 0.396 e. The molecule has 0 aliphatic heterocycles. The van der Waals surface area contributed by atoms with E-state index in [1.54, 1.807) is 0 Å². The summed E-state index contributed by atoms with van der Waals surface area (Å²) in [5.41, 5.74) is 2.19. The van der Waals surface area contributed by atoms with Crippen molar-refractivity contribution in [1.29, 1.82) is 0 Å². The summed E-state index contributed by atoms with van der Waals surface area (Å²) in [5, 5.41) is 9.69. The molecule has 2 rings (SSSR count). The summed E-state index contributed by atoms with van der Waals surface area (Å²) >= 11 is 0. The molecule has 0 saturated heterocycles. The number of allylic oxidation sites excluding steroid dienone is 1. The van der Waals surface area contributed by atoms with Crippen LogP contribution in [0.1, 0.15) is 53.4 Å². The van der Waals surface area contributed by atoms with E-state index in [1.165, 1.54) is 31.3 Å². The lowest BCUT2D eigenvalue weighted by molar-refractivity contribution is -0.0509. The van der Waals surface area contributed by atoms with Gasteiger partial charge in [-0.15, -0.1) is 0 Å². The maximum Gasteiger partial charge on any atom is 0.0501 e. The van der Waals surface area contributed by atoms with Gasteiger partial charge in [-0.2, -0.15) is 0 Å². The molecule has 0 amide bonds. The third-order valence-electron chi connectivity index (χ3n) is 5.48. The van der Waals surface area contributed by atoms with Gasteiger partial charge in [0, 0.05) is 5.92 Å². The van der Waals surface area contributed by atoms with Gasteiger partial charge < -0.3 is 5.11 Å². The van der Waals surface area contributed by atoms with Crippen molar-refractivity contribution in [2.75, 3.05) is 6.61 Å². The fourth-order valence-corrected chi connectivity index (χ4v) is 4.49. The third-order valence-corrected chi connectivity index (χ3v) is 5.48. The van der Waals surface area contributed by atoms with E-state index < -0.39 is 0 Å². The Kier molecular flexibility index (Phi) is 2.94. The van der Waals surface area contributed by atoms with Gasteiger partial charge in [-0.3, -0.25) is 0 Å². The van der Waals surface area contributed by atoms with Gasteiger partial charge >= 0.3 is 0 Å². The van der Waals surface area contributed by atoms with E-state index in [1.807, 2.05) is 0 Å². The van der Waals surface area contributed by atoms with Crippen LogP contribution in [0.5, 0.6) is 0 Å². The van der Waals surface area contributed by atoms with Crippen LogP contribution in [0.3, 0.4) is 0 Å². The summed E-state index contributed by atoms with van der Waals surface area (Å²) in [5.74, 6) is 1.14. The minimum Gasteiger partial charge on any atom is -0.396 e. The summed E-state index contributed by atoms with van der Waals surface area (Å²) in [4.78, 5) is 0. The second kappa shape index (κ2) is 3.87. The molecule has 16 heavy (non-hydrogen) atoms. The Balaban J connectivity index is 2.39. The maximum atomic E-state index is 9.69. The lowest BCUT2D eigenvalue weighted by Crippen LogP contribution is -2.49. The van der Waals surface area contributed by atoms with Crippen LogP contribution in [-0.4, -0.2) is 11.7 Å². The van der Waals surface area contributed by atoms with Crippen molar-refractivity contribution < 1.29 is 5.11 Å². The Labute approximate surface area is 99.9 Å². The van der Waals surface area contributed by atoms with Gasteiger partial charge in [-0.25, -0.2) is 0 Å². The Morgan fingerprint density at radius 2 is 2.00 bits per heavy atom. The number of hydrogen-bond acceptors (Lipinski definition) is 1. The second-order valence-electron chi connectivity index (χ2n) is 6.82. The molecule has 0 radical (unpaired) electrons. The zero-order chi connectivity index (χ0) is 12.0. The fourth-order valence-electron chi connectivity index (χ4n) is 4.49. The monoisotopic (exact) mass is 222 g/mol. The van der Waals surface area contributed by atoms with E-state index in [-0.39, 0.29) is 0 Å². The summed E-state index contributed by atoms with van der Waals surface area (Å²) < 4.78 is 0. The number of hydrogen-bond donors (Lipinski definition) is 1. The zero-order valence-electron chi connectivity index (χ0n) is 11.2. The molecule has 1 fully saturated rings. The molecule has 1 nitrogen and oxygen atoms in total. The first-order valence-corrected chi connectivity index (χ1v) is 6.69. The van der Waals surface area contributed by atoms with Gasteiger partial charge in [0.2, 0.25) is 0 Å². The van der Waals surface area contributed by atoms with Gasteiger partial charge in [0.1, 0.15) is 0 Å².